The molecule has 2 aromatic carbocycles. The van der Waals surface area contributed by atoms with Gasteiger partial charge in [-0.2, -0.15) is 0 Å². The summed E-state index contributed by atoms with van der Waals surface area (Å²) in [6, 6.07) is 16.2. The zero-order valence-corrected chi connectivity index (χ0v) is 11.8. The lowest BCUT2D eigenvalue weighted by atomic mass is 10.1. The van der Waals surface area contributed by atoms with E-state index in [1.54, 1.807) is 11.8 Å². The van der Waals surface area contributed by atoms with Gasteiger partial charge in [-0.1, -0.05) is 47.5 Å². The van der Waals surface area contributed by atoms with Crippen molar-refractivity contribution in [1.82, 2.24) is 0 Å². The molecule has 0 aliphatic rings. The first-order valence-electron chi connectivity index (χ1n) is 5.86. The molecule has 0 bridgehead atoms. The second-order valence-electron chi connectivity index (χ2n) is 4.26. The highest BCUT2D eigenvalue weighted by Gasteiger charge is 2.09. The van der Waals surface area contributed by atoms with Crippen molar-refractivity contribution < 1.29 is 0 Å². The molecule has 3 heteroatoms. The maximum absolute atomic E-state index is 6.18. The number of benzene rings is 2. The minimum absolute atomic E-state index is 0.0378. The Hall–Kier alpha value is -0.960. The normalized spacial score (nSPS) is 12.4. The predicted octanol–water partition coefficient (Wildman–Crippen LogP) is 4.44. The largest absolute Gasteiger partial charge is 0.323 e. The Kier molecular flexibility index (Phi) is 4.70. The van der Waals surface area contributed by atoms with Crippen molar-refractivity contribution in [3.63, 3.8) is 0 Å². The van der Waals surface area contributed by atoms with Gasteiger partial charge in [-0.25, -0.2) is 0 Å². The molecule has 0 radical (unpaired) electrons. The molecule has 94 valence electrons. The number of rotatable bonds is 4. The van der Waals surface area contributed by atoms with Crippen molar-refractivity contribution in [2.24, 2.45) is 5.73 Å². The minimum Gasteiger partial charge on any atom is -0.323 e. The second kappa shape index (κ2) is 6.28. The zero-order valence-electron chi connectivity index (χ0n) is 10.3. The Bertz CT molecular complexity index is 527. The second-order valence-corrected chi connectivity index (χ2v) is 5.76. The fourth-order valence-electron chi connectivity index (χ4n) is 1.76. The van der Waals surface area contributed by atoms with Crippen LogP contribution < -0.4 is 5.73 Å². The molecule has 0 saturated heterocycles. The fourth-order valence-corrected chi connectivity index (χ4v) is 3.03. The molecule has 0 aromatic heterocycles. The smallest absolute Gasteiger partial charge is 0.0454 e. The fraction of sp³-hybridized carbons (Fsp3) is 0.200. The van der Waals surface area contributed by atoms with Crippen LogP contribution in [0.3, 0.4) is 0 Å². The van der Waals surface area contributed by atoms with Crippen LogP contribution in [0, 0.1) is 6.92 Å². The first-order valence-corrected chi connectivity index (χ1v) is 7.22. The molecule has 1 nitrogen and oxygen atoms in total. The van der Waals surface area contributed by atoms with E-state index in [0.29, 0.717) is 0 Å². The molecule has 2 rings (SSSR count). The topological polar surface area (TPSA) is 26.0 Å². The third-order valence-corrected chi connectivity index (χ3v) is 4.18. The molecule has 0 fully saturated rings. The van der Waals surface area contributed by atoms with E-state index in [9.17, 15) is 0 Å². The van der Waals surface area contributed by atoms with Crippen LogP contribution >= 0.6 is 23.4 Å². The van der Waals surface area contributed by atoms with E-state index in [2.05, 4.69) is 31.2 Å². The van der Waals surface area contributed by atoms with Crippen molar-refractivity contribution in [1.29, 1.82) is 0 Å². The molecule has 1 atom stereocenters. The van der Waals surface area contributed by atoms with Crippen molar-refractivity contribution in [3.05, 3.63) is 64.7 Å². The van der Waals surface area contributed by atoms with Crippen LogP contribution in [0.4, 0.5) is 0 Å². The molecule has 2 N–H and O–H groups in total. The monoisotopic (exact) mass is 277 g/mol. The van der Waals surface area contributed by atoms with Crippen molar-refractivity contribution >= 4 is 23.4 Å². The molecule has 0 amide bonds. The highest BCUT2D eigenvalue weighted by molar-refractivity contribution is 7.99. The Morgan fingerprint density at radius 3 is 2.67 bits per heavy atom. The maximum atomic E-state index is 6.18. The van der Waals surface area contributed by atoms with Gasteiger partial charge in [0.2, 0.25) is 0 Å². The van der Waals surface area contributed by atoms with Crippen molar-refractivity contribution in [2.75, 3.05) is 5.75 Å². The summed E-state index contributed by atoms with van der Waals surface area (Å²) in [5, 5.41) is 0.745. The average molecular weight is 278 g/mol. The number of hydrogen-bond donors (Lipinski definition) is 1. The molecule has 0 aliphatic heterocycles. The van der Waals surface area contributed by atoms with Gasteiger partial charge in [0.15, 0.2) is 0 Å². The molecule has 2 aromatic rings. The van der Waals surface area contributed by atoms with Crippen molar-refractivity contribution in [3.8, 4) is 0 Å². The first kappa shape index (κ1) is 13.5. The highest BCUT2D eigenvalue weighted by Crippen LogP contribution is 2.27. The van der Waals surface area contributed by atoms with E-state index in [1.807, 2.05) is 24.3 Å². The molecular weight excluding hydrogens is 262 g/mol. The molecule has 0 heterocycles. The van der Waals surface area contributed by atoms with Gasteiger partial charge in [-0.05, 0) is 30.7 Å². The van der Waals surface area contributed by atoms with Gasteiger partial charge in [0.05, 0.1) is 0 Å². The van der Waals surface area contributed by atoms with Gasteiger partial charge in [0, 0.05) is 21.7 Å². The summed E-state index contributed by atoms with van der Waals surface area (Å²) < 4.78 is 0. The van der Waals surface area contributed by atoms with E-state index >= 15 is 0 Å². The number of thioether (sulfide) groups is 1. The maximum Gasteiger partial charge on any atom is 0.0454 e. The molecule has 0 aliphatic carbocycles. The van der Waals surface area contributed by atoms with Gasteiger partial charge < -0.3 is 5.73 Å². The summed E-state index contributed by atoms with van der Waals surface area (Å²) in [7, 11) is 0. The molecule has 0 saturated carbocycles. The third kappa shape index (κ3) is 3.52. The SMILES string of the molecule is Cc1cccc(SCC(N)c2ccccc2Cl)c1. The quantitative estimate of drug-likeness (QED) is 0.836. The van der Waals surface area contributed by atoms with Crippen LogP contribution in [-0.4, -0.2) is 5.75 Å². The lowest BCUT2D eigenvalue weighted by molar-refractivity contribution is 0.831. The summed E-state index contributed by atoms with van der Waals surface area (Å²) in [6.07, 6.45) is 0. The van der Waals surface area contributed by atoms with Crippen LogP contribution in [0.15, 0.2) is 53.4 Å². The lowest BCUT2D eigenvalue weighted by Crippen LogP contribution is -2.13. The Morgan fingerprint density at radius 1 is 1.17 bits per heavy atom. The average Bonchev–Trinajstić information content (AvgIpc) is 2.37. The highest BCUT2D eigenvalue weighted by atomic mass is 35.5. The Morgan fingerprint density at radius 2 is 1.94 bits per heavy atom. The lowest BCUT2D eigenvalue weighted by Gasteiger charge is -2.13. The molecular formula is C15H16ClNS. The van der Waals surface area contributed by atoms with E-state index < -0.39 is 0 Å². The summed E-state index contributed by atoms with van der Waals surface area (Å²) in [4.78, 5) is 1.25. The Balaban J connectivity index is 2.00. The first-order chi connectivity index (χ1) is 8.66. The summed E-state index contributed by atoms with van der Waals surface area (Å²) in [6.45, 7) is 2.10. The number of aryl methyl sites for hydroxylation is 1. The van der Waals surface area contributed by atoms with Crippen LogP contribution in [0.5, 0.6) is 0 Å². The van der Waals surface area contributed by atoms with Crippen molar-refractivity contribution in [2.45, 2.75) is 17.9 Å². The van der Waals surface area contributed by atoms with Gasteiger partial charge in [0.1, 0.15) is 0 Å². The van der Waals surface area contributed by atoms with Gasteiger partial charge in [0.25, 0.3) is 0 Å². The van der Waals surface area contributed by atoms with Crippen LogP contribution in [-0.2, 0) is 0 Å². The number of halogens is 1. The minimum atomic E-state index is -0.0378. The van der Waals surface area contributed by atoms with Gasteiger partial charge >= 0.3 is 0 Å². The standard InChI is InChI=1S/C15H16ClNS/c1-11-5-4-6-12(9-11)18-10-15(17)13-7-2-3-8-14(13)16/h2-9,15H,10,17H2,1H3. The van der Waals surface area contributed by atoms with Crippen LogP contribution in [0.25, 0.3) is 0 Å². The van der Waals surface area contributed by atoms with E-state index in [1.165, 1.54) is 10.5 Å². The van der Waals surface area contributed by atoms with Gasteiger partial charge in [-0.15, -0.1) is 11.8 Å². The summed E-state index contributed by atoms with van der Waals surface area (Å²) >= 11 is 7.90. The van der Waals surface area contributed by atoms with Gasteiger partial charge in [-0.3, -0.25) is 0 Å². The van der Waals surface area contributed by atoms with Crippen LogP contribution in [0.1, 0.15) is 17.2 Å². The molecule has 1 unspecified atom stereocenters. The molecule has 18 heavy (non-hydrogen) atoms. The molecule has 0 spiro atoms. The Labute approximate surface area is 117 Å². The number of nitrogens with two attached hydrogens (primary N) is 1. The number of hydrogen-bond acceptors (Lipinski definition) is 2. The predicted molar refractivity (Wildman–Crippen MR) is 80.3 cm³/mol. The van der Waals surface area contributed by atoms with E-state index in [0.717, 1.165) is 16.3 Å². The zero-order chi connectivity index (χ0) is 13.0. The third-order valence-electron chi connectivity index (χ3n) is 2.72. The summed E-state index contributed by atoms with van der Waals surface area (Å²) in [5.41, 5.74) is 8.46. The summed E-state index contributed by atoms with van der Waals surface area (Å²) in [5.74, 6) is 0.827. The van der Waals surface area contributed by atoms with E-state index in [4.69, 9.17) is 17.3 Å². The van der Waals surface area contributed by atoms with Crippen LogP contribution in [0.2, 0.25) is 5.02 Å². The van der Waals surface area contributed by atoms with E-state index in [-0.39, 0.29) is 6.04 Å².